The third kappa shape index (κ3) is 8.70. The van der Waals surface area contributed by atoms with Gasteiger partial charge in [-0.25, -0.2) is 18.0 Å². The SMILES string of the molecule is CNc1cc(C2CCN(C3CC4(CCN(CC5(COc6nc(N7CC8CCC(C7)N8)c7cc(Cl)c(-c8ccc(F)c9sc(N)c(C#N)c89)c(F)c7n6)CC5)CC4)C3)CC2)c(F)cc1C(=N)N1CCC(=O)NC1=O. The van der Waals surface area contributed by atoms with Gasteiger partial charge >= 0.3 is 12.0 Å². The van der Waals surface area contributed by atoms with E-state index in [1.807, 2.05) is 0 Å². The summed E-state index contributed by atoms with van der Waals surface area (Å²) in [6.45, 7) is 6.62. The Kier molecular flexibility index (Phi) is 12.2. The molecule has 2 unspecified atom stereocenters. The van der Waals surface area contributed by atoms with Crippen LogP contribution in [0.5, 0.6) is 6.01 Å². The van der Waals surface area contributed by atoms with Crippen molar-refractivity contribution in [2.75, 3.05) is 82.0 Å². The lowest BCUT2D eigenvalue weighted by Crippen LogP contribution is -2.56. The van der Waals surface area contributed by atoms with Gasteiger partial charge in [0.25, 0.3) is 0 Å². The number of amides is 3. The summed E-state index contributed by atoms with van der Waals surface area (Å²) in [5.41, 5.74) is 8.35. The van der Waals surface area contributed by atoms with Crippen molar-refractivity contribution in [1.82, 2.24) is 35.3 Å². The first kappa shape index (κ1) is 48.2. The number of urea groups is 1. The third-order valence-corrected chi connectivity index (χ3v) is 18.6. The lowest BCUT2D eigenvalue weighted by Gasteiger charge is -2.56. The van der Waals surface area contributed by atoms with Gasteiger partial charge in [-0.1, -0.05) is 17.7 Å². The van der Waals surface area contributed by atoms with Crippen LogP contribution in [0.25, 0.3) is 32.1 Å². The molecule has 15 nitrogen and oxygen atoms in total. The zero-order valence-electron chi connectivity index (χ0n) is 40.7. The average Bonchev–Trinajstić information content (AvgIpc) is 3.93. The van der Waals surface area contributed by atoms with Crippen LogP contribution in [-0.4, -0.2) is 127 Å². The minimum atomic E-state index is -0.699. The molecule has 7 heterocycles. The van der Waals surface area contributed by atoms with E-state index in [9.17, 15) is 14.9 Å². The standard InChI is InChI=1S/C53H58ClF3N12O3S/c1-61-40-20-33(39(56)19-34(40)47(59)69-15-8-41(70)63-51(69)71)28-6-13-67(14-7-28)31-21-52(22-31)11-16-66(17-12-52)26-53(9-10-53)27-72-50-64-45-35(49(65-50)68-24-29-2-3-30(25-68)62-29)18-37(54)43(44(45)57)32-4-5-38(55)46-42(32)36(23-58)48(60)73-46/h4-5,18-20,28-31,59,61-62H,2-3,6-17,21-22,24-27,60H2,1H3,(H,63,70,71). The van der Waals surface area contributed by atoms with Gasteiger partial charge in [-0.15, -0.1) is 11.3 Å². The highest BCUT2D eigenvalue weighted by atomic mass is 35.5. The fourth-order valence-electron chi connectivity index (χ4n) is 13.0. The van der Waals surface area contributed by atoms with Crippen molar-refractivity contribution in [2.24, 2.45) is 10.8 Å². The van der Waals surface area contributed by atoms with E-state index in [0.29, 0.717) is 53.6 Å². The molecule has 5 aromatic rings. The number of aromatic nitrogens is 2. The van der Waals surface area contributed by atoms with E-state index in [4.69, 9.17) is 37.4 Å². The number of rotatable bonds is 11. The number of amidine groups is 1. The molecule has 12 rings (SSSR count). The Labute approximate surface area is 430 Å². The minimum Gasteiger partial charge on any atom is -0.463 e. The molecule has 7 aliphatic rings. The molecular weight excluding hydrogens is 977 g/mol. The molecule has 2 bridgehead atoms. The molecule has 2 saturated carbocycles. The molecule has 20 heteroatoms. The molecule has 3 aromatic carbocycles. The number of nitrogens with one attached hydrogen (secondary N) is 4. The maximum Gasteiger partial charge on any atom is 0.329 e. The number of nitriles is 1. The van der Waals surface area contributed by atoms with Crippen LogP contribution in [0, 0.1) is 45.0 Å². The second kappa shape index (κ2) is 18.6. The quantitative estimate of drug-likeness (QED) is 0.0627. The number of piperidine rings is 2. The number of thiophene rings is 1. The number of halogens is 4. The summed E-state index contributed by atoms with van der Waals surface area (Å²) in [5.74, 6) is -1.55. The zero-order valence-corrected chi connectivity index (χ0v) is 42.3. The van der Waals surface area contributed by atoms with Gasteiger partial charge in [0.1, 0.15) is 39.9 Å². The summed E-state index contributed by atoms with van der Waals surface area (Å²) in [5, 5.41) is 28.6. The van der Waals surface area contributed by atoms with Gasteiger partial charge in [0.15, 0.2) is 5.82 Å². The molecule has 2 aromatic heterocycles. The largest absolute Gasteiger partial charge is 0.463 e. The number of carbonyl (C=O) groups excluding carboxylic acids is 2. The van der Waals surface area contributed by atoms with Crippen molar-refractivity contribution < 1.29 is 27.5 Å². The number of nitrogen functional groups attached to an aromatic ring is 1. The molecule has 382 valence electrons. The Morgan fingerprint density at radius 2 is 1.74 bits per heavy atom. The molecule has 2 atom stereocenters. The van der Waals surface area contributed by atoms with Crippen LogP contribution in [0.1, 0.15) is 93.2 Å². The van der Waals surface area contributed by atoms with E-state index in [0.717, 1.165) is 95.4 Å². The third-order valence-electron chi connectivity index (χ3n) is 17.3. The number of ether oxygens (including phenoxy) is 1. The Morgan fingerprint density at radius 1 is 1.00 bits per heavy atom. The van der Waals surface area contributed by atoms with Gasteiger partial charge in [0.05, 0.1) is 21.9 Å². The van der Waals surface area contributed by atoms with E-state index < -0.39 is 17.7 Å². The van der Waals surface area contributed by atoms with Gasteiger partial charge in [-0.3, -0.25) is 20.4 Å². The smallest absolute Gasteiger partial charge is 0.329 e. The van der Waals surface area contributed by atoms with Crippen LogP contribution in [0.3, 0.4) is 0 Å². The fourth-order valence-corrected chi connectivity index (χ4v) is 14.2. The molecule has 7 fully saturated rings. The molecule has 5 saturated heterocycles. The highest BCUT2D eigenvalue weighted by molar-refractivity contribution is 7.23. The number of fused-ring (bicyclic) bond motifs is 4. The van der Waals surface area contributed by atoms with Gasteiger partial charge < -0.3 is 35.8 Å². The summed E-state index contributed by atoms with van der Waals surface area (Å²) in [6.07, 6.45) is 10.5. The van der Waals surface area contributed by atoms with Gasteiger partial charge in [-0.2, -0.15) is 15.2 Å². The van der Waals surface area contributed by atoms with Crippen LogP contribution in [0.15, 0.2) is 30.3 Å². The van der Waals surface area contributed by atoms with E-state index in [-0.39, 0.29) is 108 Å². The number of anilines is 3. The number of nitrogens with two attached hydrogens (primary N) is 1. The van der Waals surface area contributed by atoms with Crippen molar-refractivity contribution in [1.29, 1.82) is 10.7 Å². The molecule has 73 heavy (non-hydrogen) atoms. The lowest BCUT2D eigenvalue weighted by atomic mass is 9.59. The predicted octanol–water partition coefficient (Wildman–Crippen LogP) is 8.57. The number of hydrogen-bond acceptors (Lipinski definition) is 14. The van der Waals surface area contributed by atoms with Crippen molar-refractivity contribution >= 4 is 78.2 Å². The Morgan fingerprint density at radius 3 is 2.42 bits per heavy atom. The monoisotopic (exact) mass is 1030 g/mol. The Bertz CT molecular complexity index is 3130. The zero-order chi connectivity index (χ0) is 50.5. The molecular formula is C53H58ClF3N12O3S. The molecule has 2 aliphatic carbocycles. The summed E-state index contributed by atoms with van der Waals surface area (Å²) < 4.78 is 54.9. The normalized spacial score (nSPS) is 23.2. The van der Waals surface area contributed by atoms with Crippen LogP contribution in [0.4, 0.5) is 34.5 Å². The topological polar surface area (TPSA) is 192 Å². The number of nitrogens with zero attached hydrogens (tertiary/aromatic N) is 7. The van der Waals surface area contributed by atoms with Crippen LogP contribution in [-0.2, 0) is 4.79 Å². The number of benzene rings is 3. The number of carbonyl (C=O) groups is 2. The first-order valence-electron chi connectivity index (χ1n) is 25.6. The molecule has 1 spiro atoms. The summed E-state index contributed by atoms with van der Waals surface area (Å²) in [4.78, 5) is 42.4. The van der Waals surface area contributed by atoms with E-state index in [1.165, 1.54) is 35.9 Å². The first-order valence-corrected chi connectivity index (χ1v) is 26.8. The number of imide groups is 1. The predicted molar refractivity (Wildman–Crippen MR) is 276 cm³/mol. The van der Waals surface area contributed by atoms with Crippen molar-refractivity contribution in [3.8, 4) is 23.2 Å². The molecule has 0 radical (unpaired) electrons. The number of hydrogen-bond donors (Lipinski definition) is 5. The summed E-state index contributed by atoms with van der Waals surface area (Å²) in [6, 6.07) is 10.1. The van der Waals surface area contributed by atoms with Gasteiger partial charge in [0.2, 0.25) is 5.91 Å². The van der Waals surface area contributed by atoms with Gasteiger partial charge in [0, 0.05) is 90.8 Å². The summed E-state index contributed by atoms with van der Waals surface area (Å²) >= 11 is 7.92. The minimum absolute atomic E-state index is 0.0142. The van der Waals surface area contributed by atoms with E-state index >= 15 is 13.2 Å². The first-order chi connectivity index (χ1) is 35.2. The molecule has 5 aliphatic heterocycles. The second-order valence-electron chi connectivity index (χ2n) is 21.8. The number of likely N-dealkylation sites (tertiary alicyclic amines) is 2. The molecule has 6 N–H and O–H groups in total. The maximum absolute atomic E-state index is 17.3. The fraction of sp³-hybridized carbons (Fsp3) is 0.509. The van der Waals surface area contributed by atoms with Crippen LogP contribution < -0.4 is 31.3 Å². The van der Waals surface area contributed by atoms with Gasteiger partial charge in [-0.05, 0) is 137 Å². The highest BCUT2D eigenvalue weighted by Crippen LogP contribution is 2.54. The maximum atomic E-state index is 17.3. The van der Waals surface area contributed by atoms with Crippen LogP contribution >= 0.6 is 22.9 Å². The van der Waals surface area contributed by atoms with Crippen molar-refractivity contribution in [3.05, 3.63) is 69.5 Å². The highest BCUT2D eigenvalue weighted by Gasteiger charge is 2.51. The Hall–Kier alpha value is -5.78. The lowest BCUT2D eigenvalue weighted by molar-refractivity contribution is -0.121. The van der Waals surface area contributed by atoms with E-state index in [2.05, 4.69) is 36.7 Å². The van der Waals surface area contributed by atoms with Crippen LogP contribution in [0.2, 0.25) is 5.02 Å². The Balaban J connectivity index is 0.686. The summed E-state index contributed by atoms with van der Waals surface area (Å²) in [7, 11) is 1.73. The van der Waals surface area contributed by atoms with Crippen molar-refractivity contribution in [3.63, 3.8) is 0 Å². The van der Waals surface area contributed by atoms with E-state index in [1.54, 1.807) is 19.2 Å². The van der Waals surface area contributed by atoms with Crippen molar-refractivity contribution in [2.45, 2.75) is 94.7 Å². The number of piperazine rings is 1. The molecule has 3 amide bonds. The average molecular weight is 1040 g/mol. The second-order valence-corrected chi connectivity index (χ2v) is 23.2.